The van der Waals surface area contributed by atoms with E-state index in [1.54, 1.807) is 36.4 Å². The monoisotopic (exact) mass is 324 g/mol. The first-order valence-corrected chi connectivity index (χ1v) is 6.80. The van der Waals surface area contributed by atoms with E-state index >= 15 is 0 Å². The van der Waals surface area contributed by atoms with Crippen molar-refractivity contribution < 1.29 is 27.8 Å². The number of alkyl halides is 3. The second kappa shape index (κ2) is 5.95. The van der Waals surface area contributed by atoms with E-state index < -0.39 is 17.6 Å². The summed E-state index contributed by atoms with van der Waals surface area (Å²) in [4.78, 5) is 10.8. The van der Waals surface area contributed by atoms with Gasteiger partial charge >= 0.3 is 12.1 Å². The van der Waals surface area contributed by atoms with Crippen molar-refractivity contribution in [3.63, 3.8) is 0 Å². The first-order chi connectivity index (χ1) is 10.6. The zero-order chi connectivity index (χ0) is 17.3. The van der Waals surface area contributed by atoms with Gasteiger partial charge in [-0.3, -0.25) is 0 Å². The van der Waals surface area contributed by atoms with Crippen molar-refractivity contribution in [2.45, 2.75) is 25.4 Å². The fourth-order valence-corrected chi connectivity index (χ4v) is 2.15. The third-order valence-corrected chi connectivity index (χ3v) is 3.61. The number of rotatable bonds is 3. The lowest BCUT2D eigenvalue weighted by molar-refractivity contribution is -0.189. The zero-order valence-corrected chi connectivity index (χ0v) is 12.5. The number of benzene rings is 2. The highest BCUT2D eigenvalue weighted by Crippen LogP contribution is 2.33. The predicted molar refractivity (Wildman–Crippen MR) is 78.4 cm³/mol. The van der Waals surface area contributed by atoms with Crippen LogP contribution >= 0.6 is 0 Å². The number of halogens is 3. The number of ether oxygens (including phenoxy) is 1. The van der Waals surface area contributed by atoms with Crippen molar-refractivity contribution in [3.05, 3.63) is 59.7 Å². The van der Waals surface area contributed by atoms with Gasteiger partial charge in [0.1, 0.15) is 11.5 Å². The van der Waals surface area contributed by atoms with E-state index in [-0.39, 0.29) is 11.5 Å². The summed E-state index contributed by atoms with van der Waals surface area (Å²) in [6.45, 7) is 3.88. The van der Waals surface area contributed by atoms with Gasteiger partial charge in [0, 0.05) is 5.41 Å². The molecular weight excluding hydrogens is 309 g/mol. The largest absolute Gasteiger partial charge is 0.508 e. The van der Waals surface area contributed by atoms with Gasteiger partial charge in [-0.2, -0.15) is 13.2 Å². The van der Waals surface area contributed by atoms with Crippen molar-refractivity contribution in [3.8, 4) is 11.5 Å². The molecule has 2 aromatic rings. The molecule has 0 fully saturated rings. The van der Waals surface area contributed by atoms with Crippen LogP contribution in [0, 0.1) is 0 Å². The molecular formula is C17H15F3O3. The Bertz CT molecular complexity index is 687. The van der Waals surface area contributed by atoms with Crippen LogP contribution in [-0.2, 0) is 10.2 Å². The Morgan fingerprint density at radius 1 is 0.913 bits per heavy atom. The van der Waals surface area contributed by atoms with Crippen LogP contribution in [0.2, 0.25) is 0 Å². The van der Waals surface area contributed by atoms with Crippen molar-refractivity contribution in [1.82, 2.24) is 0 Å². The second-order valence-corrected chi connectivity index (χ2v) is 5.58. The molecule has 0 saturated heterocycles. The molecule has 0 unspecified atom stereocenters. The highest BCUT2D eigenvalue weighted by Gasteiger charge is 2.41. The molecule has 122 valence electrons. The van der Waals surface area contributed by atoms with Gasteiger partial charge in [0.15, 0.2) is 0 Å². The molecule has 0 aliphatic rings. The molecule has 3 nitrogen and oxygen atoms in total. The standard InChI is InChI=1S/C17H15F3O3/c1-16(2,11-3-7-13(21)8-4-11)12-5-9-14(10-6-12)23-15(22)17(18,19)20/h3-10,21H,1-2H3. The van der Waals surface area contributed by atoms with Crippen molar-refractivity contribution in [1.29, 1.82) is 0 Å². The van der Waals surface area contributed by atoms with Crippen LogP contribution in [-0.4, -0.2) is 17.3 Å². The molecule has 0 heterocycles. The van der Waals surface area contributed by atoms with Crippen LogP contribution in [0.1, 0.15) is 25.0 Å². The zero-order valence-electron chi connectivity index (χ0n) is 12.5. The Kier molecular flexibility index (Phi) is 4.36. The summed E-state index contributed by atoms with van der Waals surface area (Å²) in [5.41, 5.74) is 1.32. The third-order valence-electron chi connectivity index (χ3n) is 3.61. The lowest BCUT2D eigenvalue weighted by atomic mass is 9.78. The number of hydrogen-bond donors (Lipinski definition) is 1. The Balaban J connectivity index is 2.21. The number of carbonyl (C=O) groups is 1. The summed E-state index contributed by atoms with van der Waals surface area (Å²) in [7, 11) is 0. The van der Waals surface area contributed by atoms with E-state index in [9.17, 15) is 23.1 Å². The van der Waals surface area contributed by atoms with E-state index in [0.29, 0.717) is 0 Å². The maximum absolute atomic E-state index is 12.2. The van der Waals surface area contributed by atoms with E-state index in [1.807, 2.05) is 13.8 Å². The molecule has 0 amide bonds. The Morgan fingerprint density at radius 3 is 1.78 bits per heavy atom. The van der Waals surface area contributed by atoms with Gasteiger partial charge in [-0.1, -0.05) is 38.1 Å². The summed E-state index contributed by atoms with van der Waals surface area (Å²) in [6.07, 6.45) is -5.02. The molecule has 23 heavy (non-hydrogen) atoms. The maximum Gasteiger partial charge on any atom is 0.491 e. The van der Waals surface area contributed by atoms with Crippen LogP contribution in [0.4, 0.5) is 13.2 Å². The Hall–Kier alpha value is -2.50. The summed E-state index contributed by atoms with van der Waals surface area (Å²) < 4.78 is 40.8. The molecule has 0 aliphatic heterocycles. The van der Waals surface area contributed by atoms with Crippen LogP contribution in [0.5, 0.6) is 11.5 Å². The molecule has 0 spiro atoms. The molecule has 6 heteroatoms. The highest BCUT2D eigenvalue weighted by molar-refractivity contribution is 5.78. The Morgan fingerprint density at radius 2 is 1.35 bits per heavy atom. The molecule has 0 radical (unpaired) electrons. The number of hydrogen-bond acceptors (Lipinski definition) is 3. The highest BCUT2D eigenvalue weighted by atomic mass is 19.4. The maximum atomic E-state index is 12.2. The number of aromatic hydroxyl groups is 1. The van der Waals surface area contributed by atoms with E-state index in [4.69, 9.17) is 0 Å². The summed E-state index contributed by atoms with van der Waals surface area (Å²) in [5, 5.41) is 9.34. The molecule has 0 aliphatic carbocycles. The minimum Gasteiger partial charge on any atom is -0.508 e. The SMILES string of the molecule is CC(C)(c1ccc(O)cc1)c1ccc(OC(=O)C(F)(F)F)cc1. The van der Waals surface area contributed by atoms with Gasteiger partial charge in [0.05, 0.1) is 0 Å². The van der Waals surface area contributed by atoms with E-state index in [0.717, 1.165) is 11.1 Å². The fourth-order valence-electron chi connectivity index (χ4n) is 2.15. The van der Waals surface area contributed by atoms with Crippen molar-refractivity contribution in [2.75, 3.05) is 0 Å². The van der Waals surface area contributed by atoms with E-state index in [2.05, 4.69) is 4.74 Å². The van der Waals surface area contributed by atoms with Gasteiger partial charge in [-0.15, -0.1) is 0 Å². The van der Waals surface area contributed by atoms with Crippen LogP contribution in [0.25, 0.3) is 0 Å². The molecule has 1 N–H and O–H groups in total. The number of phenols is 1. The minimum absolute atomic E-state index is 0.152. The second-order valence-electron chi connectivity index (χ2n) is 5.58. The number of carbonyl (C=O) groups excluding carboxylic acids is 1. The van der Waals surface area contributed by atoms with Crippen LogP contribution in [0.3, 0.4) is 0 Å². The summed E-state index contributed by atoms with van der Waals surface area (Å²) in [5.74, 6) is -2.26. The van der Waals surface area contributed by atoms with Crippen molar-refractivity contribution >= 4 is 5.97 Å². The lowest BCUT2D eigenvalue weighted by Crippen LogP contribution is -2.28. The predicted octanol–water partition coefficient (Wildman–Crippen LogP) is 4.19. The molecule has 0 saturated carbocycles. The molecule has 0 atom stereocenters. The van der Waals surface area contributed by atoms with Crippen LogP contribution in [0.15, 0.2) is 48.5 Å². The first kappa shape index (κ1) is 16.9. The quantitative estimate of drug-likeness (QED) is 0.680. The topological polar surface area (TPSA) is 46.5 Å². The van der Waals surface area contributed by atoms with E-state index in [1.165, 1.54) is 12.1 Å². The Labute approximate surface area is 131 Å². The van der Waals surface area contributed by atoms with Gasteiger partial charge in [-0.25, -0.2) is 4.79 Å². The number of phenolic OH excluding ortho intramolecular Hbond substituents is 1. The third kappa shape index (κ3) is 3.83. The molecule has 0 aromatic heterocycles. The van der Waals surface area contributed by atoms with Gasteiger partial charge in [0.2, 0.25) is 0 Å². The minimum atomic E-state index is -5.02. The normalized spacial score (nSPS) is 12.0. The van der Waals surface area contributed by atoms with Gasteiger partial charge in [-0.05, 0) is 35.4 Å². The van der Waals surface area contributed by atoms with Crippen LogP contribution < -0.4 is 4.74 Å². The lowest BCUT2D eigenvalue weighted by Gasteiger charge is -2.26. The number of esters is 1. The van der Waals surface area contributed by atoms with Gasteiger partial charge in [0.25, 0.3) is 0 Å². The first-order valence-electron chi connectivity index (χ1n) is 6.80. The molecule has 0 bridgehead atoms. The smallest absolute Gasteiger partial charge is 0.491 e. The average molecular weight is 324 g/mol. The average Bonchev–Trinajstić information content (AvgIpc) is 2.47. The molecule has 2 rings (SSSR count). The molecule has 2 aromatic carbocycles. The van der Waals surface area contributed by atoms with Gasteiger partial charge < -0.3 is 9.84 Å². The summed E-state index contributed by atoms with van der Waals surface area (Å²) in [6, 6.07) is 12.5. The summed E-state index contributed by atoms with van der Waals surface area (Å²) >= 11 is 0. The van der Waals surface area contributed by atoms with Crippen molar-refractivity contribution in [2.24, 2.45) is 0 Å². The fraction of sp³-hybridized carbons (Fsp3) is 0.235.